The molecule has 0 N–H and O–H groups in total. The second-order valence-corrected chi connectivity index (χ2v) is 16.3. The number of hydrogen-bond acceptors (Lipinski definition) is 7. The van der Waals surface area contributed by atoms with E-state index >= 15 is 0 Å². The molecule has 1 saturated carbocycles. The van der Waals surface area contributed by atoms with Gasteiger partial charge in [-0.2, -0.15) is 0 Å². The second kappa shape index (κ2) is 10.9. The van der Waals surface area contributed by atoms with Crippen molar-refractivity contribution < 1.29 is 33.0 Å². The molecule has 1 heterocycles. The Morgan fingerprint density at radius 3 is 2.36 bits per heavy atom. The van der Waals surface area contributed by atoms with E-state index in [9.17, 15) is 9.59 Å². The molecule has 4 atom stereocenters. The monoisotopic (exact) mass is 486 g/mol. The van der Waals surface area contributed by atoms with Gasteiger partial charge in [0.25, 0.3) is 0 Å². The van der Waals surface area contributed by atoms with E-state index < -0.39 is 25.6 Å². The number of ketones is 1. The highest BCUT2D eigenvalue weighted by Gasteiger charge is 2.60. The summed E-state index contributed by atoms with van der Waals surface area (Å²) in [6, 6.07) is 0. The molecule has 3 unspecified atom stereocenters. The Morgan fingerprint density at radius 1 is 1.18 bits per heavy atom. The first-order chi connectivity index (χ1) is 15.2. The first-order valence-corrected chi connectivity index (χ1v) is 15.3. The van der Waals surface area contributed by atoms with E-state index in [2.05, 4.69) is 33.9 Å². The van der Waals surface area contributed by atoms with Gasteiger partial charge in [0.1, 0.15) is 11.2 Å². The minimum absolute atomic E-state index is 0.0846. The van der Waals surface area contributed by atoms with Crippen molar-refractivity contribution >= 4 is 20.1 Å². The molecule has 1 saturated heterocycles. The predicted octanol–water partition coefficient (Wildman–Crippen LogP) is 4.87. The average Bonchev–Trinajstić information content (AvgIpc) is 3.06. The predicted molar refractivity (Wildman–Crippen MR) is 129 cm³/mol. The van der Waals surface area contributed by atoms with E-state index in [0.717, 1.165) is 12.8 Å². The molecule has 0 bridgehead atoms. The van der Waals surface area contributed by atoms with Gasteiger partial charge < -0.3 is 23.4 Å². The normalized spacial score (nSPS) is 30.5. The second-order valence-electron chi connectivity index (χ2n) is 11.5. The third-order valence-corrected chi connectivity index (χ3v) is 12.3. The summed E-state index contributed by atoms with van der Waals surface area (Å²) in [5, 5.41) is 0.155. The van der Waals surface area contributed by atoms with Crippen LogP contribution in [0, 0.1) is 11.3 Å². The Hall–Kier alpha value is -0.803. The van der Waals surface area contributed by atoms with E-state index in [1.165, 1.54) is 0 Å². The molecule has 0 amide bonds. The molecule has 0 aromatic carbocycles. The Bertz CT molecular complexity index is 685. The Labute approximate surface area is 201 Å². The highest BCUT2D eigenvalue weighted by atomic mass is 28.4. The largest absolute Gasteiger partial charge is 0.465 e. The van der Waals surface area contributed by atoms with Crippen molar-refractivity contribution in [1.29, 1.82) is 0 Å². The van der Waals surface area contributed by atoms with Gasteiger partial charge in [-0.05, 0) is 58.2 Å². The Balaban J connectivity index is 2.24. The first kappa shape index (κ1) is 28.4. The summed E-state index contributed by atoms with van der Waals surface area (Å²) in [6.45, 7) is 18.0. The van der Waals surface area contributed by atoms with Crippen LogP contribution in [-0.2, 0) is 33.0 Å². The SMILES string of the molecule is CCOC(=O)C1(CCCCO[Si](C)(C)C(C)(C)C)C(OC)CC(=O)CC1[C@@H]1COC(C)(C)O1. The average molecular weight is 487 g/mol. The lowest BCUT2D eigenvalue weighted by Gasteiger charge is -2.48. The molecule has 0 aromatic rings. The zero-order valence-corrected chi connectivity index (χ0v) is 23.2. The van der Waals surface area contributed by atoms with Gasteiger partial charge in [0, 0.05) is 32.5 Å². The summed E-state index contributed by atoms with van der Waals surface area (Å²) in [5.74, 6) is -1.31. The van der Waals surface area contributed by atoms with Gasteiger partial charge in [0.05, 0.1) is 25.4 Å². The zero-order chi connectivity index (χ0) is 25.1. The third kappa shape index (κ3) is 6.45. The maximum absolute atomic E-state index is 13.5. The number of carbonyl (C=O) groups excluding carboxylic acids is 2. The van der Waals surface area contributed by atoms with Crippen LogP contribution in [0.1, 0.15) is 73.6 Å². The molecule has 8 heteroatoms. The van der Waals surface area contributed by atoms with E-state index in [1.807, 2.05) is 20.8 Å². The number of hydrogen-bond donors (Lipinski definition) is 0. The van der Waals surface area contributed by atoms with Crippen molar-refractivity contribution in [2.24, 2.45) is 11.3 Å². The zero-order valence-electron chi connectivity index (χ0n) is 22.2. The summed E-state index contributed by atoms with van der Waals surface area (Å²) < 4.78 is 29.7. The van der Waals surface area contributed by atoms with Gasteiger partial charge in [-0.3, -0.25) is 9.59 Å². The van der Waals surface area contributed by atoms with Crippen LogP contribution < -0.4 is 0 Å². The number of Topliss-reactive ketones (excluding diaryl/α,β-unsaturated/α-hetero) is 1. The van der Waals surface area contributed by atoms with Crippen LogP contribution in [0.2, 0.25) is 18.1 Å². The molecule has 1 aliphatic carbocycles. The fourth-order valence-corrected chi connectivity index (χ4v) is 5.96. The Morgan fingerprint density at radius 2 is 1.85 bits per heavy atom. The molecule has 1 aliphatic heterocycles. The molecule has 0 aromatic heterocycles. The maximum Gasteiger partial charge on any atom is 0.315 e. The number of esters is 1. The van der Waals surface area contributed by atoms with Gasteiger partial charge in [-0.1, -0.05) is 20.8 Å². The molecule has 2 rings (SSSR count). The molecule has 7 nitrogen and oxygen atoms in total. The van der Waals surface area contributed by atoms with Crippen LogP contribution in [0.4, 0.5) is 0 Å². The summed E-state index contributed by atoms with van der Waals surface area (Å²) in [4.78, 5) is 26.2. The number of unbranched alkanes of at least 4 members (excludes halogenated alkanes) is 1. The number of rotatable bonds is 10. The van der Waals surface area contributed by atoms with Crippen molar-refractivity contribution in [3.8, 4) is 0 Å². The first-order valence-electron chi connectivity index (χ1n) is 12.4. The molecule has 192 valence electrons. The molecular formula is C25H46O7Si. The topological polar surface area (TPSA) is 80.3 Å². The lowest BCUT2D eigenvalue weighted by atomic mass is 9.59. The van der Waals surface area contributed by atoms with Gasteiger partial charge in [0.2, 0.25) is 0 Å². The molecule has 0 radical (unpaired) electrons. The minimum atomic E-state index is -1.83. The fourth-order valence-electron chi connectivity index (χ4n) is 4.87. The van der Waals surface area contributed by atoms with Gasteiger partial charge in [0.15, 0.2) is 14.1 Å². The van der Waals surface area contributed by atoms with Crippen molar-refractivity contribution in [2.45, 2.75) is 110 Å². The number of ether oxygens (including phenoxy) is 4. The van der Waals surface area contributed by atoms with Crippen LogP contribution in [0.3, 0.4) is 0 Å². The lowest BCUT2D eigenvalue weighted by molar-refractivity contribution is -0.195. The van der Waals surface area contributed by atoms with E-state index in [1.54, 1.807) is 7.11 Å². The van der Waals surface area contributed by atoms with Crippen molar-refractivity contribution in [2.75, 3.05) is 26.9 Å². The highest BCUT2D eigenvalue weighted by Crippen LogP contribution is 2.50. The summed E-state index contributed by atoms with van der Waals surface area (Å²) in [5.41, 5.74) is -0.954. The van der Waals surface area contributed by atoms with Crippen LogP contribution in [0.25, 0.3) is 0 Å². The van der Waals surface area contributed by atoms with Crippen molar-refractivity contribution in [3.05, 3.63) is 0 Å². The molecule has 33 heavy (non-hydrogen) atoms. The smallest absolute Gasteiger partial charge is 0.315 e. The quantitative estimate of drug-likeness (QED) is 0.247. The van der Waals surface area contributed by atoms with Gasteiger partial charge >= 0.3 is 5.97 Å². The van der Waals surface area contributed by atoms with Crippen LogP contribution in [0.15, 0.2) is 0 Å². The maximum atomic E-state index is 13.5. The summed E-state index contributed by atoms with van der Waals surface area (Å²) in [7, 11) is -0.251. The van der Waals surface area contributed by atoms with E-state index in [4.69, 9.17) is 23.4 Å². The van der Waals surface area contributed by atoms with Crippen molar-refractivity contribution in [3.63, 3.8) is 0 Å². The van der Waals surface area contributed by atoms with E-state index in [-0.39, 0.29) is 48.3 Å². The minimum Gasteiger partial charge on any atom is -0.465 e. The van der Waals surface area contributed by atoms with Gasteiger partial charge in [-0.15, -0.1) is 0 Å². The molecule has 2 fully saturated rings. The Kier molecular flexibility index (Phi) is 9.35. The lowest BCUT2D eigenvalue weighted by Crippen LogP contribution is -2.58. The standard InChI is InChI=1S/C25H46O7Si/c1-10-29-22(27)25(13-11-12-14-31-33(8,9)23(2,3)4)19(15-18(26)16-21(25)28-7)20-17-30-24(5,6)32-20/h19-21H,10-17H2,1-9H3/t19?,20-,21?,25?/m0/s1. The van der Waals surface area contributed by atoms with Crippen molar-refractivity contribution in [1.82, 2.24) is 0 Å². The van der Waals surface area contributed by atoms with Gasteiger partial charge in [-0.25, -0.2) is 0 Å². The number of carbonyl (C=O) groups is 2. The molecular weight excluding hydrogens is 440 g/mol. The van der Waals surface area contributed by atoms with Crippen LogP contribution in [-0.4, -0.2) is 65.0 Å². The molecule has 0 spiro atoms. The summed E-state index contributed by atoms with van der Waals surface area (Å²) in [6.07, 6.45) is 1.73. The van der Waals surface area contributed by atoms with Crippen LogP contribution >= 0.6 is 0 Å². The molecule has 2 aliphatic rings. The summed E-state index contributed by atoms with van der Waals surface area (Å²) >= 11 is 0. The van der Waals surface area contributed by atoms with E-state index in [0.29, 0.717) is 19.6 Å². The number of methoxy groups -OCH3 is 1. The fraction of sp³-hybridized carbons (Fsp3) is 0.920. The third-order valence-electron chi connectivity index (χ3n) is 7.77. The van der Waals surface area contributed by atoms with Crippen LogP contribution in [0.5, 0.6) is 0 Å². The highest BCUT2D eigenvalue weighted by molar-refractivity contribution is 6.74.